The molecule has 2 atom stereocenters. The number of carboxylic acid groups (broad SMARTS) is 1. The van der Waals surface area contributed by atoms with Gasteiger partial charge >= 0.3 is 5.97 Å². The molecule has 1 aliphatic carbocycles. The van der Waals surface area contributed by atoms with Crippen LogP contribution >= 0.6 is 0 Å². The van der Waals surface area contributed by atoms with Crippen LogP contribution in [0.5, 0.6) is 17.4 Å². The zero-order valence-corrected chi connectivity index (χ0v) is 22.1. The number of anilines is 1. The summed E-state index contributed by atoms with van der Waals surface area (Å²) in [5.74, 6) is -4.95. The Labute approximate surface area is 232 Å². The van der Waals surface area contributed by atoms with Gasteiger partial charge in [-0.3, -0.25) is 4.79 Å². The third-order valence-corrected chi connectivity index (χ3v) is 6.71. The second kappa shape index (κ2) is 11.8. The summed E-state index contributed by atoms with van der Waals surface area (Å²) in [6.07, 6.45) is 3.83. The second-order valence-corrected chi connectivity index (χ2v) is 9.60. The SMILES string of the molecule is Cc1nc(-c2nnn(C)c2CNc2nccc(Oc3c(F)cc(F)cc3F)n2)ccc1O[C@H]1CCC[C@H](C(=O)O)C1. The smallest absolute Gasteiger partial charge is 0.306 e. The first-order valence-electron chi connectivity index (χ1n) is 12.8. The molecule has 0 radical (unpaired) electrons. The maximum Gasteiger partial charge on any atom is 0.306 e. The molecule has 0 spiro atoms. The lowest BCUT2D eigenvalue weighted by atomic mass is 9.87. The van der Waals surface area contributed by atoms with Gasteiger partial charge in [0.2, 0.25) is 17.6 Å². The molecule has 2 N–H and O–H groups in total. The molecular weight excluding hydrogens is 543 g/mol. The molecule has 0 aliphatic heterocycles. The Bertz CT molecular complexity index is 1560. The number of aromatic nitrogens is 6. The Morgan fingerprint density at radius 3 is 2.66 bits per heavy atom. The third kappa shape index (κ3) is 6.36. The number of nitrogens with one attached hydrogen (secondary N) is 1. The number of rotatable bonds is 9. The predicted molar refractivity (Wildman–Crippen MR) is 139 cm³/mol. The zero-order valence-electron chi connectivity index (χ0n) is 22.1. The summed E-state index contributed by atoms with van der Waals surface area (Å²) in [6.45, 7) is 1.97. The van der Waals surface area contributed by atoms with E-state index in [1.807, 2.05) is 0 Å². The monoisotopic (exact) mass is 569 g/mol. The van der Waals surface area contributed by atoms with E-state index in [-0.39, 0.29) is 24.5 Å². The Morgan fingerprint density at radius 2 is 1.93 bits per heavy atom. The molecule has 1 aliphatic rings. The summed E-state index contributed by atoms with van der Waals surface area (Å²) in [4.78, 5) is 24.2. The molecule has 3 aromatic heterocycles. The minimum atomic E-state index is -1.20. The largest absolute Gasteiger partial charge is 0.489 e. The van der Waals surface area contributed by atoms with Crippen molar-refractivity contribution in [3.8, 4) is 28.8 Å². The molecular formula is C27H26F3N7O4. The van der Waals surface area contributed by atoms with Gasteiger partial charge in [0, 0.05) is 31.4 Å². The van der Waals surface area contributed by atoms with Gasteiger partial charge in [0.05, 0.1) is 35.6 Å². The maximum atomic E-state index is 14.0. The number of hydrogen-bond acceptors (Lipinski definition) is 9. The molecule has 0 amide bonds. The van der Waals surface area contributed by atoms with Crippen molar-refractivity contribution in [2.75, 3.05) is 5.32 Å². The summed E-state index contributed by atoms with van der Waals surface area (Å²) in [7, 11) is 1.71. The quantitative estimate of drug-likeness (QED) is 0.289. The molecule has 0 bridgehead atoms. The normalized spacial score (nSPS) is 16.8. The molecule has 41 heavy (non-hydrogen) atoms. The number of benzene rings is 1. The van der Waals surface area contributed by atoms with Crippen LogP contribution in [0.2, 0.25) is 0 Å². The number of nitrogens with zero attached hydrogens (tertiary/aromatic N) is 6. The van der Waals surface area contributed by atoms with Crippen LogP contribution in [0.25, 0.3) is 11.4 Å². The predicted octanol–water partition coefficient (Wildman–Crippen LogP) is 4.82. The van der Waals surface area contributed by atoms with E-state index in [4.69, 9.17) is 9.47 Å². The van der Waals surface area contributed by atoms with E-state index in [2.05, 4.69) is 30.6 Å². The number of aliphatic carboxylic acids is 1. The van der Waals surface area contributed by atoms with Gasteiger partial charge in [-0.15, -0.1) is 5.10 Å². The van der Waals surface area contributed by atoms with Crippen LogP contribution in [0, 0.1) is 30.3 Å². The second-order valence-electron chi connectivity index (χ2n) is 9.60. The van der Waals surface area contributed by atoms with Gasteiger partial charge in [-0.25, -0.2) is 27.8 Å². The first kappa shape index (κ1) is 27.8. The van der Waals surface area contributed by atoms with E-state index >= 15 is 0 Å². The Morgan fingerprint density at radius 1 is 1.15 bits per heavy atom. The summed E-state index contributed by atoms with van der Waals surface area (Å²) in [5.41, 5.74) is 2.32. The molecule has 14 heteroatoms. The summed E-state index contributed by atoms with van der Waals surface area (Å²) < 4.78 is 54.0. The number of carbonyl (C=O) groups is 1. The van der Waals surface area contributed by atoms with Gasteiger partial charge in [0.15, 0.2) is 11.6 Å². The first-order valence-corrected chi connectivity index (χ1v) is 12.8. The fraction of sp³-hybridized carbons (Fsp3) is 0.333. The minimum Gasteiger partial charge on any atom is -0.489 e. The van der Waals surface area contributed by atoms with Crippen molar-refractivity contribution in [3.05, 3.63) is 65.4 Å². The number of hydrogen-bond donors (Lipinski definition) is 2. The molecule has 3 heterocycles. The van der Waals surface area contributed by atoms with Crippen LogP contribution in [0.15, 0.2) is 36.5 Å². The number of pyridine rings is 1. The fourth-order valence-electron chi connectivity index (χ4n) is 4.61. The van der Waals surface area contributed by atoms with E-state index in [1.165, 1.54) is 12.3 Å². The highest BCUT2D eigenvalue weighted by molar-refractivity contribution is 5.70. The molecule has 5 rings (SSSR count). The van der Waals surface area contributed by atoms with Crippen molar-refractivity contribution in [1.29, 1.82) is 0 Å². The zero-order chi connectivity index (χ0) is 29.1. The van der Waals surface area contributed by atoms with Gasteiger partial charge < -0.3 is 19.9 Å². The van der Waals surface area contributed by atoms with Gasteiger partial charge in [-0.2, -0.15) is 4.98 Å². The highest BCUT2D eigenvalue weighted by Crippen LogP contribution is 2.31. The highest BCUT2D eigenvalue weighted by Gasteiger charge is 2.28. The Balaban J connectivity index is 1.28. The lowest BCUT2D eigenvalue weighted by Gasteiger charge is -2.27. The molecule has 1 aromatic carbocycles. The highest BCUT2D eigenvalue weighted by atomic mass is 19.1. The van der Waals surface area contributed by atoms with E-state index in [0.717, 1.165) is 12.8 Å². The van der Waals surface area contributed by atoms with E-state index < -0.39 is 35.1 Å². The van der Waals surface area contributed by atoms with Crippen LogP contribution in [0.4, 0.5) is 19.1 Å². The number of aryl methyl sites for hydroxylation is 2. The Hall–Kier alpha value is -4.75. The van der Waals surface area contributed by atoms with Crippen molar-refractivity contribution < 1.29 is 32.5 Å². The van der Waals surface area contributed by atoms with Crippen LogP contribution in [0.1, 0.15) is 37.1 Å². The van der Waals surface area contributed by atoms with E-state index in [9.17, 15) is 23.1 Å². The van der Waals surface area contributed by atoms with Crippen molar-refractivity contribution in [2.24, 2.45) is 13.0 Å². The van der Waals surface area contributed by atoms with Crippen LogP contribution in [-0.2, 0) is 18.4 Å². The summed E-state index contributed by atoms with van der Waals surface area (Å²) in [5, 5.41) is 20.7. The van der Waals surface area contributed by atoms with Gasteiger partial charge in [-0.05, 0) is 44.7 Å². The van der Waals surface area contributed by atoms with Crippen molar-refractivity contribution in [3.63, 3.8) is 0 Å². The Kier molecular flexibility index (Phi) is 7.99. The molecule has 0 saturated heterocycles. The maximum absolute atomic E-state index is 14.0. The van der Waals surface area contributed by atoms with Gasteiger partial charge in [0.25, 0.3) is 0 Å². The average molecular weight is 570 g/mol. The summed E-state index contributed by atoms with van der Waals surface area (Å²) >= 11 is 0. The minimum absolute atomic E-state index is 0.0950. The van der Waals surface area contributed by atoms with Crippen molar-refractivity contribution in [2.45, 2.75) is 45.3 Å². The summed E-state index contributed by atoms with van der Waals surface area (Å²) in [6, 6.07) is 5.86. The first-order chi connectivity index (χ1) is 19.7. The molecule has 4 aromatic rings. The van der Waals surface area contributed by atoms with Gasteiger partial charge in [-0.1, -0.05) is 5.21 Å². The topological polar surface area (TPSA) is 137 Å². The molecule has 11 nitrogen and oxygen atoms in total. The van der Waals surface area contributed by atoms with E-state index in [0.29, 0.717) is 53.5 Å². The lowest BCUT2D eigenvalue weighted by Crippen LogP contribution is -2.29. The van der Waals surface area contributed by atoms with Crippen molar-refractivity contribution >= 4 is 11.9 Å². The number of ether oxygens (including phenoxy) is 2. The van der Waals surface area contributed by atoms with Crippen LogP contribution in [-0.4, -0.2) is 47.1 Å². The molecule has 1 saturated carbocycles. The van der Waals surface area contributed by atoms with Crippen molar-refractivity contribution in [1.82, 2.24) is 29.9 Å². The molecule has 1 fully saturated rings. The van der Waals surface area contributed by atoms with Gasteiger partial charge in [0.1, 0.15) is 17.3 Å². The lowest BCUT2D eigenvalue weighted by molar-refractivity contribution is -0.143. The fourth-order valence-corrected chi connectivity index (χ4v) is 4.61. The van der Waals surface area contributed by atoms with Crippen LogP contribution in [0.3, 0.4) is 0 Å². The third-order valence-electron chi connectivity index (χ3n) is 6.71. The van der Waals surface area contributed by atoms with E-state index in [1.54, 1.807) is 30.8 Å². The average Bonchev–Trinajstić information content (AvgIpc) is 3.31. The number of halogens is 3. The molecule has 0 unspecified atom stereocenters. The standard InChI is InChI=1S/C27H26F3N7O4/c1-14-22(40-17-5-3-4-15(10-17)26(38)39)7-6-20(33-14)24-21(37(2)36-35-24)13-32-27-31-9-8-23(34-27)41-25-18(29)11-16(28)12-19(25)30/h6-9,11-12,15,17H,3-5,10,13H2,1-2H3,(H,38,39)(H,31,32,34)/t15-,17-/m0/s1. The van der Waals surface area contributed by atoms with Crippen LogP contribution < -0.4 is 14.8 Å². The molecule has 214 valence electrons. The number of carboxylic acids is 1.